The Balaban J connectivity index is 2.64. The van der Waals surface area contributed by atoms with Crippen molar-refractivity contribution in [2.45, 2.75) is 38.5 Å². The number of rotatable bonds is 6. The molecule has 0 aliphatic rings. The molecule has 2 nitrogen and oxygen atoms in total. The lowest BCUT2D eigenvalue weighted by Gasteiger charge is -2.10. The maximum atomic E-state index is 10.6. The van der Waals surface area contributed by atoms with Crippen LogP contribution in [0.25, 0.3) is 0 Å². The van der Waals surface area contributed by atoms with Crippen LogP contribution in [0.2, 0.25) is 5.02 Å². The van der Waals surface area contributed by atoms with Gasteiger partial charge in [0.25, 0.3) is 0 Å². The number of benzene rings is 1. The third kappa shape index (κ3) is 4.87. The summed E-state index contributed by atoms with van der Waals surface area (Å²) in [6.07, 6.45) is 1.99. The van der Waals surface area contributed by atoms with Gasteiger partial charge < -0.3 is 5.11 Å². The number of alkyl halides is 1. The number of carbonyl (C=O) groups is 1. The Kier molecular flexibility index (Phi) is 5.97. The summed E-state index contributed by atoms with van der Waals surface area (Å²) in [5, 5.41) is 8.62. The maximum absolute atomic E-state index is 10.6. The highest BCUT2D eigenvalue weighted by Gasteiger charge is 2.13. The first-order valence-corrected chi connectivity index (χ1v) is 6.85. The maximum Gasteiger partial charge on any atom is 0.321 e. The summed E-state index contributed by atoms with van der Waals surface area (Å²) >= 11 is 11.9. The third-order valence-corrected chi connectivity index (χ3v) is 3.46. The van der Waals surface area contributed by atoms with Crippen molar-refractivity contribution in [1.29, 1.82) is 0 Å². The normalized spacial score (nSPS) is 12.7. The smallest absolute Gasteiger partial charge is 0.321 e. The predicted octanol–water partition coefficient (Wildman–Crippen LogP) is 4.16. The van der Waals surface area contributed by atoms with Crippen LogP contribution in [0.3, 0.4) is 0 Å². The highest BCUT2D eigenvalue weighted by Crippen LogP contribution is 2.22. The standard InChI is InChI=1S/C14H18Cl2O2/c1-9(2)7-11-5-3-10(8-13(11)16)4-6-12(15)14(17)18/h3,5,8-9,12H,4,6-7H2,1-2H3,(H,17,18). The highest BCUT2D eigenvalue weighted by molar-refractivity contribution is 6.31. The number of halogens is 2. The van der Waals surface area contributed by atoms with E-state index in [1.54, 1.807) is 0 Å². The minimum atomic E-state index is -0.973. The number of hydrogen-bond donors (Lipinski definition) is 1. The zero-order chi connectivity index (χ0) is 13.7. The van der Waals surface area contributed by atoms with Gasteiger partial charge in [0.15, 0.2) is 0 Å². The molecule has 1 atom stereocenters. The van der Waals surface area contributed by atoms with E-state index in [4.69, 9.17) is 28.3 Å². The molecule has 0 bridgehead atoms. The van der Waals surface area contributed by atoms with Crippen LogP contribution in [-0.2, 0) is 17.6 Å². The molecule has 0 saturated carbocycles. The van der Waals surface area contributed by atoms with E-state index in [-0.39, 0.29) is 0 Å². The van der Waals surface area contributed by atoms with Gasteiger partial charge in [-0.2, -0.15) is 0 Å². The first kappa shape index (κ1) is 15.3. The molecule has 0 saturated heterocycles. The minimum Gasteiger partial charge on any atom is -0.480 e. The first-order valence-electron chi connectivity index (χ1n) is 6.04. The van der Waals surface area contributed by atoms with Gasteiger partial charge in [-0.3, -0.25) is 4.79 Å². The lowest BCUT2D eigenvalue weighted by molar-refractivity contribution is -0.136. The molecule has 1 N–H and O–H groups in total. The second-order valence-corrected chi connectivity index (χ2v) is 5.80. The van der Waals surface area contributed by atoms with E-state index in [0.717, 1.165) is 22.6 Å². The van der Waals surface area contributed by atoms with Crippen molar-refractivity contribution in [3.05, 3.63) is 34.3 Å². The summed E-state index contributed by atoms with van der Waals surface area (Å²) in [5.74, 6) is -0.410. The summed E-state index contributed by atoms with van der Waals surface area (Å²) in [6, 6.07) is 5.92. The fourth-order valence-electron chi connectivity index (χ4n) is 1.77. The largest absolute Gasteiger partial charge is 0.480 e. The fourth-order valence-corrected chi connectivity index (χ4v) is 2.16. The first-order chi connectivity index (χ1) is 8.40. The van der Waals surface area contributed by atoms with Gasteiger partial charge in [0, 0.05) is 5.02 Å². The van der Waals surface area contributed by atoms with E-state index in [1.807, 2.05) is 18.2 Å². The molecule has 0 radical (unpaired) electrons. The minimum absolute atomic E-state index is 0.413. The van der Waals surface area contributed by atoms with Crippen LogP contribution in [0.1, 0.15) is 31.4 Å². The molecular formula is C14H18Cl2O2. The molecule has 1 aromatic rings. The Morgan fingerprint density at radius 1 is 1.39 bits per heavy atom. The average Bonchev–Trinajstić information content (AvgIpc) is 2.28. The fraction of sp³-hybridized carbons (Fsp3) is 0.500. The molecule has 1 rings (SSSR count). The Hall–Kier alpha value is -0.730. The summed E-state index contributed by atoms with van der Waals surface area (Å²) < 4.78 is 0. The van der Waals surface area contributed by atoms with Crippen LogP contribution in [0.5, 0.6) is 0 Å². The van der Waals surface area contributed by atoms with E-state index in [2.05, 4.69) is 13.8 Å². The second-order valence-electron chi connectivity index (χ2n) is 4.87. The molecular weight excluding hydrogens is 271 g/mol. The second kappa shape index (κ2) is 7.01. The molecule has 0 heterocycles. The van der Waals surface area contributed by atoms with E-state index < -0.39 is 11.3 Å². The molecule has 0 aliphatic heterocycles. The Morgan fingerprint density at radius 2 is 2.06 bits per heavy atom. The van der Waals surface area contributed by atoms with Crippen LogP contribution in [0, 0.1) is 5.92 Å². The molecule has 4 heteroatoms. The van der Waals surface area contributed by atoms with Gasteiger partial charge in [0.05, 0.1) is 0 Å². The van der Waals surface area contributed by atoms with Gasteiger partial charge >= 0.3 is 5.97 Å². The van der Waals surface area contributed by atoms with E-state index in [1.165, 1.54) is 0 Å². The monoisotopic (exact) mass is 288 g/mol. The number of carboxylic acids is 1. The molecule has 0 amide bonds. The number of carboxylic acid groups (broad SMARTS) is 1. The van der Waals surface area contributed by atoms with Crippen molar-refractivity contribution >= 4 is 29.2 Å². The van der Waals surface area contributed by atoms with Crippen molar-refractivity contribution in [3.63, 3.8) is 0 Å². The molecule has 100 valence electrons. The molecule has 18 heavy (non-hydrogen) atoms. The zero-order valence-corrected chi connectivity index (χ0v) is 12.1. The topological polar surface area (TPSA) is 37.3 Å². The summed E-state index contributed by atoms with van der Waals surface area (Å²) in [5.41, 5.74) is 2.16. The van der Waals surface area contributed by atoms with Crippen molar-refractivity contribution in [2.24, 2.45) is 5.92 Å². The molecule has 1 aromatic carbocycles. The van der Waals surface area contributed by atoms with Gasteiger partial charge in [0.2, 0.25) is 0 Å². The molecule has 0 aromatic heterocycles. The third-order valence-electron chi connectivity index (χ3n) is 2.70. The van der Waals surface area contributed by atoms with Gasteiger partial charge in [-0.25, -0.2) is 0 Å². The van der Waals surface area contributed by atoms with Gasteiger partial charge in [-0.1, -0.05) is 37.6 Å². The Labute approximate surface area is 118 Å². The average molecular weight is 289 g/mol. The summed E-state index contributed by atoms with van der Waals surface area (Å²) in [7, 11) is 0. The number of aryl methyl sites for hydroxylation is 1. The zero-order valence-electron chi connectivity index (χ0n) is 10.6. The molecule has 0 aliphatic carbocycles. The van der Waals surface area contributed by atoms with Gasteiger partial charge in [-0.05, 0) is 42.4 Å². The molecule has 0 spiro atoms. The van der Waals surface area contributed by atoms with Crippen LogP contribution < -0.4 is 0 Å². The summed E-state index contributed by atoms with van der Waals surface area (Å²) in [6.45, 7) is 4.30. The van der Waals surface area contributed by atoms with Crippen LogP contribution in [-0.4, -0.2) is 16.5 Å². The Bertz CT molecular complexity index is 416. The lowest BCUT2D eigenvalue weighted by Crippen LogP contribution is -2.13. The van der Waals surface area contributed by atoms with Crippen molar-refractivity contribution < 1.29 is 9.90 Å². The Morgan fingerprint density at radius 3 is 2.56 bits per heavy atom. The predicted molar refractivity (Wildman–Crippen MR) is 75.6 cm³/mol. The molecule has 0 fully saturated rings. The van der Waals surface area contributed by atoms with Crippen LogP contribution >= 0.6 is 23.2 Å². The van der Waals surface area contributed by atoms with Crippen LogP contribution in [0.15, 0.2) is 18.2 Å². The van der Waals surface area contributed by atoms with Crippen molar-refractivity contribution in [1.82, 2.24) is 0 Å². The molecule has 1 unspecified atom stereocenters. The van der Waals surface area contributed by atoms with Gasteiger partial charge in [-0.15, -0.1) is 11.6 Å². The van der Waals surface area contributed by atoms with Crippen molar-refractivity contribution in [2.75, 3.05) is 0 Å². The van der Waals surface area contributed by atoms with Crippen molar-refractivity contribution in [3.8, 4) is 0 Å². The van der Waals surface area contributed by atoms with E-state index in [9.17, 15) is 4.79 Å². The van der Waals surface area contributed by atoms with E-state index in [0.29, 0.717) is 18.8 Å². The van der Waals surface area contributed by atoms with Crippen LogP contribution in [0.4, 0.5) is 0 Å². The summed E-state index contributed by atoms with van der Waals surface area (Å²) in [4.78, 5) is 10.6. The lowest BCUT2D eigenvalue weighted by atomic mass is 10.00. The highest BCUT2D eigenvalue weighted by atomic mass is 35.5. The SMILES string of the molecule is CC(C)Cc1ccc(CCC(Cl)C(=O)O)cc1Cl. The van der Waals surface area contributed by atoms with Gasteiger partial charge in [0.1, 0.15) is 5.38 Å². The number of aliphatic carboxylic acids is 1. The van der Waals surface area contributed by atoms with E-state index >= 15 is 0 Å². The quantitative estimate of drug-likeness (QED) is 0.798. The number of hydrogen-bond acceptors (Lipinski definition) is 1.